The number of ether oxygens (including phenoxy) is 3. The van der Waals surface area contributed by atoms with E-state index in [2.05, 4.69) is 15.0 Å². The van der Waals surface area contributed by atoms with Gasteiger partial charge in [-0.2, -0.15) is 9.97 Å². The molecule has 2 aromatic rings. The van der Waals surface area contributed by atoms with Crippen LogP contribution in [-0.2, 0) is 11.3 Å². The van der Waals surface area contributed by atoms with Crippen LogP contribution in [0.3, 0.4) is 0 Å². The molecule has 0 saturated carbocycles. The Labute approximate surface area is 115 Å². The van der Waals surface area contributed by atoms with Gasteiger partial charge in [0.25, 0.3) is 0 Å². The minimum absolute atomic E-state index is 0.00916. The van der Waals surface area contributed by atoms with Crippen LogP contribution in [-0.4, -0.2) is 29.2 Å². The highest BCUT2D eigenvalue weighted by Crippen LogP contribution is 2.21. The maximum atomic E-state index is 5.73. The molecule has 1 aromatic heterocycles. The molecule has 0 saturated heterocycles. The van der Waals surface area contributed by atoms with E-state index in [1.165, 1.54) is 7.11 Å². The van der Waals surface area contributed by atoms with Gasteiger partial charge in [0.1, 0.15) is 5.75 Å². The summed E-state index contributed by atoms with van der Waals surface area (Å²) in [6.45, 7) is 0.498. The van der Waals surface area contributed by atoms with Gasteiger partial charge in [0.15, 0.2) is 0 Å². The number of hydrogen-bond acceptors (Lipinski definition) is 6. The lowest BCUT2D eigenvalue weighted by Gasteiger charge is -2.06. The van der Waals surface area contributed by atoms with Crippen molar-refractivity contribution in [2.24, 2.45) is 0 Å². The van der Waals surface area contributed by atoms with Gasteiger partial charge in [0.05, 0.1) is 13.7 Å². The molecular formula is C12H12ClN3O3. The molecule has 0 N–H and O–H groups in total. The first-order valence-corrected chi connectivity index (χ1v) is 5.80. The summed E-state index contributed by atoms with van der Waals surface area (Å²) in [5.74, 6) is 0.582. The van der Waals surface area contributed by atoms with E-state index in [9.17, 15) is 0 Å². The van der Waals surface area contributed by atoms with Crippen molar-refractivity contribution in [3.05, 3.63) is 35.1 Å². The van der Waals surface area contributed by atoms with Crippen LogP contribution in [0.25, 0.3) is 0 Å². The van der Waals surface area contributed by atoms with E-state index in [0.717, 1.165) is 5.56 Å². The fourth-order valence-corrected chi connectivity index (χ4v) is 1.57. The molecule has 1 heterocycles. The summed E-state index contributed by atoms with van der Waals surface area (Å²) >= 11 is 5.73. The fraction of sp³-hybridized carbons (Fsp3) is 0.250. The number of nitrogens with zero attached hydrogens (tertiary/aromatic N) is 3. The molecule has 0 fully saturated rings. The maximum absolute atomic E-state index is 5.73. The number of benzene rings is 1. The van der Waals surface area contributed by atoms with E-state index in [-0.39, 0.29) is 17.3 Å². The van der Waals surface area contributed by atoms with Crippen molar-refractivity contribution in [1.82, 2.24) is 15.0 Å². The average molecular weight is 282 g/mol. The van der Waals surface area contributed by atoms with Crippen molar-refractivity contribution in [2.75, 3.05) is 14.2 Å². The second-order valence-corrected chi connectivity index (χ2v) is 3.89. The topological polar surface area (TPSA) is 66.4 Å². The molecule has 0 unspecified atom stereocenters. The lowest BCUT2D eigenvalue weighted by Crippen LogP contribution is -1.99. The SMILES string of the molecule is COCc1cccc(Oc2nc(Cl)nc(OC)n2)c1. The Morgan fingerprint density at radius 1 is 1.11 bits per heavy atom. The smallest absolute Gasteiger partial charge is 0.329 e. The Hall–Kier alpha value is -1.92. The monoisotopic (exact) mass is 281 g/mol. The number of methoxy groups -OCH3 is 2. The summed E-state index contributed by atoms with van der Waals surface area (Å²) in [5, 5.41) is 0.00916. The van der Waals surface area contributed by atoms with Crippen LogP contribution in [0.15, 0.2) is 24.3 Å². The number of aromatic nitrogens is 3. The number of rotatable bonds is 5. The van der Waals surface area contributed by atoms with Crippen LogP contribution in [0.2, 0.25) is 5.28 Å². The van der Waals surface area contributed by atoms with Crippen LogP contribution in [0.4, 0.5) is 0 Å². The average Bonchev–Trinajstić information content (AvgIpc) is 2.39. The van der Waals surface area contributed by atoms with Crippen molar-refractivity contribution in [2.45, 2.75) is 6.61 Å². The standard InChI is InChI=1S/C12H12ClN3O3/c1-17-7-8-4-3-5-9(6-8)19-12-15-10(13)14-11(16-12)18-2/h3-6H,7H2,1-2H3. The highest BCUT2D eigenvalue weighted by molar-refractivity contribution is 6.28. The molecule has 6 nitrogen and oxygen atoms in total. The van der Waals surface area contributed by atoms with Gasteiger partial charge >= 0.3 is 12.0 Å². The molecule has 0 aliphatic heterocycles. The van der Waals surface area contributed by atoms with Crippen molar-refractivity contribution < 1.29 is 14.2 Å². The van der Waals surface area contributed by atoms with Crippen molar-refractivity contribution >= 4 is 11.6 Å². The first-order chi connectivity index (χ1) is 9.21. The summed E-state index contributed by atoms with van der Waals surface area (Å²) < 4.78 is 15.4. The van der Waals surface area contributed by atoms with Gasteiger partial charge in [-0.05, 0) is 29.3 Å². The lowest BCUT2D eigenvalue weighted by molar-refractivity contribution is 0.184. The van der Waals surface area contributed by atoms with Crippen LogP contribution in [0.1, 0.15) is 5.56 Å². The summed E-state index contributed by atoms with van der Waals surface area (Å²) in [4.78, 5) is 11.6. The summed E-state index contributed by atoms with van der Waals surface area (Å²) in [5.41, 5.74) is 0.979. The van der Waals surface area contributed by atoms with E-state index >= 15 is 0 Å². The molecule has 0 aliphatic carbocycles. The molecule has 100 valence electrons. The summed E-state index contributed by atoms with van der Waals surface area (Å²) in [6.07, 6.45) is 0. The molecule has 0 aliphatic rings. The molecule has 1 aromatic carbocycles. The van der Waals surface area contributed by atoms with E-state index in [1.807, 2.05) is 18.2 Å². The Morgan fingerprint density at radius 2 is 1.89 bits per heavy atom. The largest absolute Gasteiger partial charge is 0.467 e. The van der Waals surface area contributed by atoms with Crippen LogP contribution < -0.4 is 9.47 Å². The maximum Gasteiger partial charge on any atom is 0.329 e. The number of halogens is 1. The normalized spacial score (nSPS) is 10.3. The Balaban J connectivity index is 2.20. The minimum atomic E-state index is 0.00916. The zero-order valence-electron chi connectivity index (χ0n) is 10.5. The van der Waals surface area contributed by atoms with E-state index in [1.54, 1.807) is 13.2 Å². The second-order valence-electron chi connectivity index (χ2n) is 3.56. The molecular weight excluding hydrogens is 270 g/mol. The van der Waals surface area contributed by atoms with Crippen molar-refractivity contribution in [1.29, 1.82) is 0 Å². The van der Waals surface area contributed by atoms with Gasteiger partial charge < -0.3 is 14.2 Å². The third-order valence-electron chi connectivity index (χ3n) is 2.17. The summed E-state index contributed by atoms with van der Waals surface area (Å²) in [7, 11) is 3.07. The molecule has 19 heavy (non-hydrogen) atoms. The molecule has 0 radical (unpaired) electrons. The third kappa shape index (κ3) is 3.77. The Morgan fingerprint density at radius 3 is 2.63 bits per heavy atom. The quantitative estimate of drug-likeness (QED) is 0.839. The first-order valence-electron chi connectivity index (χ1n) is 5.42. The van der Waals surface area contributed by atoms with Crippen LogP contribution >= 0.6 is 11.6 Å². The lowest BCUT2D eigenvalue weighted by atomic mass is 10.2. The van der Waals surface area contributed by atoms with E-state index < -0.39 is 0 Å². The van der Waals surface area contributed by atoms with E-state index in [4.69, 9.17) is 25.8 Å². The van der Waals surface area contributed by atoms with Gasteiger partial charge in [-0.1, -0.05) is 12.1 Å². The van der Waals surface area contributed by atoms with Gasteiger partial charge in [-0.15, -0.1) is 4.98 Å². The molecule has 0 atom stereocenters. The van der Waals surface area contributed by atoms with E-state index in [0.29, 0.717) is 12.4 Å². The molecule has 0 bridgehead atoms. The Bertz CT molecular complexity index is 566. The van der Waals surface area contributed by atoms with Crippen LogP contribution in [0, 0.1) is 0 Å². The number of hydrogen-bond donors (Lipinski definition) is 0. The molecule has 7 heteroatoms. The molecule has 2 rings (SSSR count). The highest BCUT2D eigenvalue weighted by atomic mass is 35.5. The molecule has 0 amide bonds. The Kier molecular flexibility index (Phi) is 4.48. The van der Waals surface area contributed by atoms with Crippen molar-refractivity contribution in [3.8, 4) is 17.8 Å². The zero-order valence-corrected chi connectivity index (χ0v) is 11.2. The predicted molar refractivity (Wildman–Crippen MR) is 68.6 cm³/mol. The van der Waals surface area contributed by atoms with Crippen LogP contribution in [0.5, 0.6) is 17.8 Å². The zero-order chi connectivity index (χ0) is 13.7. The van der Waals surface area contributed by atoms with Gasteiger partial charge in [0, 0.05) is 7.11 Å². The highest BCUT2D eigenvalue weighted by Gasteiger charge is 2.07. The first kappa shape index (κ1) is 13.5. The van der Waals surface area contributed by atoms with Crippen molar-refractivity contribution in [3.63, 3.8) is 0 Å². The fourth-order valence-electron chi connectivity index (χ4n) is 1.42. The summed E-state index contributed by atoms with van der Waals surface area (Å²) in [6, 6.07) is 7.56. The predicted octanol–water partition coefficient (Wildman–Crippen LogP) is 2.47. The molecule has 0 spiro atoms. The minimum Gasteiger partial charge on any atom is -0.467 e. The van der Waals surface area contributed by atoms with Gasteiger partial charge in [0.2, 0.25) is 5.28 Å². The third-order valence-corrected chi connectivity index (χ3v) is 2.34. The van der Waals surface area contributed by atoms with Gasteiger partial charge in [-0.25, -0.2) is 0 Å². The second kappa shape index (κ2) is 6.31. The van der Waals surface area contributed by atoms with Gasteiger partial charge in [-0.3, -0.25) is 0 Å².